The van der Waals surface area contributed by atoms with Crippen molar-refractivity contribution in [3.8, 4) is 0 Å². The van der Waals surface area contributed by atoms with Crippen molar-refractivity contribution in [3.05, 3.63) is 23.3 Å². The molecule has 1 aromatic carbocycles. The third-order valence-corrected chi connectivity index (χ3v) is 5.45. The summed E-state index contributed by atoms with van der Waals surface area (Å²) in [7, 11) is -3.45. The minimum absolute atomic E-state index is 0.0974. The number of hydrogen-bond donors (Lipinski definition) is 2. The number of hydrogen-bond acceptors (Lipinski definition) is 3. The van der Waals surface area contributed by atoms with Crippen molar-refractivity contribution in [1.29, 1.82) is 0 Å². The van der Waals surface area contributed by atoms with Crippen LogP contribution < -0.4 is 10.5 Å². The molecule has 4 nitrogen and oxygen atoms in total. The van der Waals surface area contributed by atoms with Crippen LogP contribution in [0.25, 0.3) is 0 Å². The van der Waals surface area contributed by atoms with Crippen molar-refractivity contribution in [2.45, 2.75) is 44.6 Å². The van der Waals surface area contributed by atoms with E-state index in [1.165, 1.54) is 0 Å². The Morgan fingerprint density at radius 3 is 2.61 bits per heavy atom. The predicted octanol–water partition coefficient (Wildman–Crippen LogP) is 1.96. The molecule has 1 saturated carbocycles. The Bertz CT molecular complexity index is 567. The average Bonchev–Trinajstić information content (AvgIpc) is 3.01. The fourth-order valence-electron chi connectivity index (χ4n) is 2.36. The lowest BCUT2D eigenvalue weighted by Gasteiger charge is -2.13. The Kier molecular flexibility index (Phi) is 3.38. The molecule has 3 N–H and O–H groups in total. The molecule has 18 heavy (non-hydrogen) atoms. The summed E-state index contributed by atoms with van der Waals surface area (Å²) in [5, 5.41) is 0. The van der Waals surface area contributed by atoms with Crippen molar-refractivity contribution in [2.24, 2.45) is 5.92 Å². The summed E-state index contributed by atoms with van der Waals surface area (Å²) in [4.78, 5) is 0.337. The Balaban J connectivity index is 2.33. The normalized spacial score (nSPS) is 23.1. The van der Waals surface area contributed by atoms with Crippen LogP contribution in [-0.2, 0) is 10.0 Å². The van der Waals surface area contributed by atoms with E-state index in [0.29, 0.717) is 22.1 Å². The van der Waals surface area contributed by atoms with Crippen LogP contribution in [0.2, 0.25) is 0 Å². The molecular formula is C13H20N2O2S. The van der Waals surface area contributed by atoms with Gasteiger partial charge >= 0.3 is 0 Å². The maximum Gasteiger partial charge on any atom is 0.241 e. The summed E-state index contributed by atoms with van der Waals surface area (Å²) in [6, 6.07) is 3.59. The van der Waals surface area contributed by atoms with Crippen LogP contribution in [-0.4, -0.2) is 14.5 Å². The lowest BCUT2D eigenvalue weighted by Crippen LogP contribution is -2.28. The summed E-state index contributed by atoms with van der Waals surface area (Å²) in [5.41, 5.74) is 7.69. The zero-order valence-corrected chi connectivity index (χ0v) is 11.8. The predicted molar refractivity (Wildman–Crippen MR) is 72.8 cm³/mol. The van der Waals surface area contributed by atoms with E-state index in [1.54, 1.807) is 26.0 Å². The van der Waals surface area contributed by atoms with Gasteiger partial charge in [-0.3, -0.25) is 0 Å². The van der Waals surface area contributed by atoms with Gasteiger partial charge in [0.2, 0.25) is 10.0 Å². The molecule has 0 heterocycles. The van der Waals surface area contributed by atoms with Gasteiger partial charge in [-0.1, -0.05) is 19.4 Å². The van der Waals surface area contributed by atoms with Crippen LogP contribution in [0.15, 0.2) is 17.0 Å². The van der Waals surface area contributed by atoms with Crippen LogP contribution in [0.3, 0.4) is 0 Å². The number of anilines is 1. The first-order valence-corrected chi connectivity index (χ1v) is 7.73. The zero-order valence-electron chi connectivity index (χ0n) is 11.0. The van der Waals surface area contributed by atoms with Crippen molar-refractivity contribution < 1.29 is 8.42 Å². The van der Waals surface area contributed by atoms with E-state index >= 15 is 0 Å². The monoisotopic (exact) mass is 268 g/mol. The fourth-order valence-corrected chi connectivity index (χ4v) is 4.18. The van der Waals surface area contributed by atoms with E-state index in [2.05, 4.69) is 11.6 Å². The number of nitrogen functional groups attached to an aromatic ring is 1. The molecule has 1 aliphatic carbocycles. The largest absolute Gasteiger partial charge is 0.398 e. The van der Waals surface area contributed by atoms with Crippen molar-refractivity contribution in [3.63, 3.8) is 0 Å². The van der Waals surface area contributed by atoms with E-state index in [4.69, 9.17) is 5.73 Å². The van der Waals surface area contributed by atoms with Crippen LogP contribution in [0.1, 0.15) is 30.9 Å². The number of sulfonamides is 1. The third kappa shape index (κ3) is 2.37. The molecule has 0 aromatic heterocycles. The first-order chi connectivity index (χ1) is 8.36. The number of nitrogens with two attached hydrogens (primary N) is 1. The van der Waals surface area contributed by atoms with Crippen molar-refractivity contribution in [2.75, 3.05) is 5.73 Å². The van der Waals surface area contributed by atoms with Gasteiger partial charge < -0.3 is 5.73 Å². The Morgan fingerprint density at radius 2 is 2.06 bits per heavy atom. The summed E-state index contributed by atoms with van der Waals surface area (Å²) < 4.78 is 27.5. The fraction of sp³-hybridized carbons (Fsp3) is 0.538. The molecule has 0 radical (unpaired) electrons. The van der Waals surface area contributed by atoms with Crippen molar-refractivity contribution >= 4 is 15.7 Å². The Morgan fingerprint density at radius 1 is 1.39 bits per heavy atom. The number of nitrogens with one attached hydrogen (secondary N) is 1. The van der Waals surface area contributed by atoms with Crippen LogP contribution >= 0.6 is 0 Å². The first kappa shape index (κ1) is 13.4. The highest BCUT2D eigenvalue weighted by molar-refractivity contribution is 7.89. The molecule has 0 aliphatic heterocycles. The van der Waals surface area contributed by atoms with Crippen LogP contribution in [0.5, 0.6) is 0 Å². The molecular weight excluding hydrogens is 248 g/mol. The van der Waals surface area contributed by atoms with E-state index in [0.717, 1.165) is 18.4 Å². The molecule has 5 heteroatoms. The van der Waals surface area contributed by atoms with E-state index in [9.17, 15) is 8.42 Å². The maximum atomic E-state index is 12.4. The number of benzene rings is 1. The highest BCUT2D eigenvalue weighted by Gasteiger charge is 2.39. The van der Waals surface area contributed by atoms with Gasteiger partial charge in [-0.2, -0.15) is 0 Å². The molecule has 2 unspecified atom stereocenters. The second-order valence-electron chi connectivity index (χ2n) is 5.06. The highest BCUT2D eigenvalue weighted by atomic mass is 32.2. The minimum Gasteiger partial charge on any atom is -0.398 e. The van der Waals surface area contributed by atoms with Gasteiger partial charge in [0.1, 0.15) is 0 Å². The minimum atomic E-state index is -3.45. The highest BCUT2D eigenvalue weighted by Crippen LogP contribution is 2.35. The molecule has 0 saturated heterocycles. The quantitative estimate of drug-likeness (QED) is 0.820. The first-order valence-electron chi connectivity index (χ1n) is 6.24. The summed E-state index contributed by atoms with van der Waals surface area (Å²) >= 11 is 0. The van der Waals surface area contributed by atoms with Crippen LogP contribution in [0.4, 0.5) is 5.69 Å². The Hall–Kier alpha value is -1.07. The molecule has 0 bridgehead atoms. The molecule has 100 valence electrons. The standard InChI is InChI=1S/C13H20N2O2S/c1-4-10-7-12(10)15-18(16,17)13-8(2)5-6-11(14)9(13)3/h5-6,10,12,15H,4,7,14H2,1-3H3. The average molecular weight is 268 g/mol. The lowest BCUT2D eigenvalue weighted by atomic mass is 10.1. The Labute approximate surface area is 109 Å². The van der Waals surface area contributed by atoms with E-state index < -0.39 is 10.0 Å². The summed E-state index contributed by atoms with van der Waals surface area (Å²) in [6.45, 7) is 5.63. The van der Waals surface area contributed by atoms with Gasteiger partial charge in [0.15, 0.2) is 0 Å². The van der Waals surface area contributed by atoms with Gasteiger partial charge in [0, 0.05) is 11.7 Å². The second-order valence-corrected chi connectivity index (χ2v) is 6.71. The topological polar surface area (TPSA) is 72.2 Å². The van der Waals surface area contributed by atoms with E-state index in [-0.39, 0.29) is 6.04 Å². The number of rotatable bonds is 4. The SMILES string of the molecule is CCC1CC1NS(=O)(=O)c1c(C)ccc(N)c1C. The smallest absolute Gasteiger partial charge is 0.241 e. The molecule has 2 atom stereocenters. The number of aryl methyl sites for hydroxylation is 1. The van der Waals surface area contributed by atoms with Crippen molar-refractivity contribution in [1.82, 2.24) is 4.72 Å². The van der Waals surface area contributed by atoms with E-state index in [1.807, 2.05) is 0 Å². The molecule has 1 aromatic rings. The molecule has 1 aliphatic rings. The maximum absolute atomic E-state index is 12.4. The summed E-state index contributed by atoms with van der Waals surface area (Å²) in [5.74, 6) is 0.487. The van der Waals surface area contributed by atoms with Gasteiger partial charge in [0.25, 0.3) is 0 Å². The molecule has 2 rings (SSSR count). The van der Waals surface area contributed by atoms with Gasteiger partial charge in [-0.15, -0.1) is 0 Å². The third-order valence-electron chi connectivity index (χ3n) is 3.67. The second kappa shape index (κ2) is 4.55. The van der Waals surface area contributed by atoms with Gasteiger partial charge in [0.05, 0.1) is 4.90 Å². The summed E-state index contributed by atoms with van der Waals surface area (Å²) in [6.07, 6.45) is 1.96. The zero-order chi connectivity index (χ0) is 13.5. The van der Waals surface area contributed by atoms with Gasteiger partial charge in [-0.25, -0.2) is 13.1 Å². The molecule has 1 fully saturated rings. The van der Waals surface area contributed by atoms with Crippen LogP contribution in [0, 0.1) is 19.8 Å². The van der Waals surface area contributed by atoms with Gasteiger partial charge in [-0.05, 0) is 43.4 Å². The molecule has 0 spiro atoms. The molecule has 0 amide bonds. The lowest BCUT2D eigenvalue weighted by molar-refractivity contribution is 0.574.